The molecule has 0 bridgehead atoms. The van der Waals surface area contributed by atoms with Crippen LogP contribution in [0.25, 0.3) is 0 Å². The third kappa shape index (κ3) is 6.14. The van der Waals surface area contributed by atoms with Crippen LogP contribution in [0.2, 0.25) is 5.02 Å². The number of hydrogen-bond acceptors (Lipinski definition) is 8. The molecule has 236 valence electrons. The first kappa shape index (κ1) is 31.1. The molecule has 4 aromatic carbocycles. The predicted octanol–water partition coefficient (Wildman–Crippen LogP) is 5.43. The molecule has 0 radical (unpaired) electrons. The van der Waals surface area contributed by atoms with E-state index in [4.69, 9.17) is 21.1 Å². The smallest absolute Gasteiger partial charge is 0.266 e. The number of fused-ring (bicyclic) bond motifs is 1. The van der Waals surface area contributed by atoms with Crippen molar-refractivity contribution in [2.75, 3.05) is 52.7 Å². The van der Waals surface area contributed by atoms with Crippen molar-refractivity contribution in [3.63, 3.8) is 0 Å². The number of halogens is 1. The monoisotopic (exact) mass is 660 g/mol. The molecule has 2 heterocycles. The number of hydrogen-bond donors (Lipinski definition) is 2. The molecule has 0 aromatic heterocycles. The summed E-state index contributed by atoms with van der Waals surface area (Å²) in [6, 6.07) is 21.9. The fourth-order valence-corrected chi connectivity index (χ4v) is 6.87. The number of benzene rings is 4. The first-order chi connectivity index (χ1) is 22.2. The van der Waals surface area contributed by atoms with Crippen molar-refractivity contribution in [2.24, 2.45) is 0 Å². The van der Waals surface area contributed by atoms with Crippen LogP contribution in [0.4, 0.5) is 22.7 Å². The number of carbonyl (C=O) groups excluding carboxylic acids is 3. The average Bonchev–Trinajstić information content (AvgIpc) is 3.31. The number of sulfonamides is 1. The Labute approximate surface area is 270 Å². The molecule has 0 saturated carbocycles. The van der Waals surface area contributed by atoms with Gasteiger partial charge in [0.25, 0.3) is 27.7 Å². The molecule has 2 aliphatic rings. The van der Waals surface area contributed by atoms with Gasteiger partial charge in [0.1, 0.15) is 10.6 Å². The molecule has 1 fully saturated rings. The Kier molecular flexibility index (Phi) is 8.67. The number of morpholine rings is 1. The summed E-state index contributed by atoms with van der Waals surface area (Å²) in [5, 5.41) is 2.96. The van der Waals surface area contributed by atoms with E-state index in [0.717, 1.165) is 4.90 Å². The SMILES string of the molecule is CCOc1ccc(N2C(=O)c3ccc(C(=O)Nc4ccc(N5CCOCC5)c(S(=O)(=O)Nc5ccccc5Cl)c4)cc3C2=O)cc1. The van der Waals surface area contributed by atoms with E-state index in [1.807, 2.05) is 11.8 Å². The van der Waals surface area contributed by atoms with E-state index in [1.165, 1.54) is 24.3 Å². The molecule has 4 aromatic rings. The lowest BCUT2D eigenvalue weighted by Gasteiger charge is -2.30. The predicted molar refractivity (Wildman–Crippen MR) is 175 cm³/mol. The third-order valence-electron chi connectivity index (χ3n) is 7.53. The minimum atomic E-state index is -4.16. The Morgan fingerprint density at radius 1 is 0.913 bits per heavy atom. The van der Waals surface area contributed by atoms with Gasteiger partial charge in [-0.2, -0.15) is 0 Å². The van der Waals surface area contributed by atoms with Crippen molar-refractivity contribution in [1.82, 2.24) is 0 Å². The molecular weight excluding hydrogens is 632 g/mol. The molecule has 1 saturated heterocycles. The number of anilines is 4. The van der Waals surface area contributed by atoms with Crippen molar-refractivity contribution in [2.45, 2.75) is 11.8 Å². The van der Waals surface area contributed by atoms with E-state index in [-0.39, 0.29) is 38.0 Å². The summed E-state index contributed by atoms with van der Waals surface area (Å²) in [7, 11) is -4.16. The van der Waals surface area contributed by atoms with Crippen LogP contribution in [0.15, 0.2) is 89.8 Å². The molecule has 6 rings (SSSR count). The number of imide groups is 1. The zero-order valence-corrected chi connectivity index (χ0v) is 26.2. The highest BCUT2D eigenvalue weighted by Crippen LogP contribution is 2.34. The number of nitrogens with one attached hydrogen (secondary N) is 2. The number of amides is 3. The van der Waals surface area contributed by atoms with Crippen LogP contribution in [-0.4, -0.2) is 59.0 Å². The van der Waals surface area contributed by atoms with E-state index < -0.39 is 27.7 Å². The largest absolute Gasteiger partial charge is 0.494 e. The van der Waals surface area contributed by atoms with Crippen LogP contribution in [0.3, 0.4) is 0 Å². The van der Waals surface area contributed by atoms with Crippen LogP contribution in [0, 0.1) is 0 Å². The standard InChI is InChI=1S/C33H29ClN4O7S/c1-2-45-24-11-9-23(10-12-24)38-32(40)25-13-7-21(19-26(25)33(38)41)31(39)35-22-8-14-29(37-15-17-44-18-16-37)30(20-22)46(42,43)36-28-6-4-3-5-27(28)34/h3-14,19-20,36H,2,15-18H2,1H3,(H,35,39). The number of ether oxygens (including phenoxy) is 2. The Bertz CT molecular complexity index is 1940. The van der Waals surface area contributed by atoms with E-state index in [9.17, 15) is 22.8 Å². The second kappa shape index (κ2) is 12.8. The summed E-state index contributed by atoms with van der Waals surface area (Å²) < 4.78 is 40.8. The van der Waals surface area contributed by atoms with Crippen LogP contribution >= 0.6 is 11.6 Å². The van der Waals surface area contributed by atoms with Gasteiger partial charge in [-0.15, -0.1) is 0 Å². The Morgan fingerprint density at radius 3 is 2.35 bits per heavy atom. The molecule has 11 nitrogen and oxygen atoms in total. The number of para-hydroxylation sites is 1. The minimum Gasteiger partial charge on any atom is -0.494 e. The number of nitrogens with zero attached hydrogens (tertiary/aromatic N) is 2. The van der Waals surface area contributed by atoms with Crippen molar-refractivity contribution in [1.29, 1.82) is 0 Å². The lowest BCUT2D eigenvalue weighted by Crippen LogP contribution is -2.37. The summed E-state index contributed by atoms with van der Waals surface area (Å²) >= 11 is 6.23. The normalized spacial score (nSPS) is 14.7. The van der Waals surface area contributed by atoms with Gasteiger partial charge in [0.05, 0.1) is 53.0 Å². The van der Waals surface area contributed by atoms with Gasteiger partial charge >= 0.3 is 0 Å². The lowest BCUT2D eigenvalue weighted by atomic mass is 10.1. The second-order valence-corrected chi connectivity index (χ2v) is 12.5. The van der Waals surface area contributed by atoms with Crippen LogP contribution < -0.4 is 24.6 Å². The van der Waals surface area contributed by atoms with Gasteiger partial charge in [0.15, 0.2) is 0 Å². The highest BCUT2D eigenvalue weighted by molar-refractivity contribution is 7.93. The maximum Gasteiger partial charge on any atom is 0.266 e. The molecule has 0 unspecified atom stereocenters. The highest BCUT2D eigenvalue weighted by atomic mass is 35.5. The zero-order valence-electron chi connectivity index (χ0n) is 24.7. The van der Waals surface area contributed by atoms with Crippen molar-refractivity contribution in [3.05, 3.63) is 107 Å². The Balaban J connectivity index is 1.27. The molecule has 2 N–H and O–H groups in total. The summed E-state index contributed by atoms with van der Waals surface area (Å²) in [5.41, 5.74) is 1.61. The topological polar surface area (TPSA) is 134 Å². The molecule has 3 amide bonds. The molecule has 13 heteroatoms. The highest BCUT2D eigenvalue weighted by Gasteiger charge is 2.37. The van der Waals surface area contributed by atoms with Crippen molar-refractivity contribution >= 4 is 62.1 Å². The molecule has 0 spiro atoms. The molecule has 2 aliphatic heterocycles. The fraction of sp³-hybridized carbons (Fsp3) is 0.182. The minimum absolute atomic E-state index is 0.0622. The average molecular weight is 661 g/mol. The quantitative estimate of drug-likeness (QED) is 0.227. The van der Waals surface area contributed by atoms with Crippen LogP contribution in [-0.2, 0) is 14.8 Å². The summed E-state index contributed by atoms with van der Waals surface area (Å²) in [5.74, 6) is -1.05. The number of rotatable bonds is 9. The Morgan fingerprint density at radius 2 is 1.63 bits per heavy atom. The molecule has 46 heavy (non-hydrogen) atoms. The molecule has 0 atom stereocenters. The maximum atomic E-state index is 13.7. The molecule has 0 aliphatic carbocycles. The van der Waals surface area contributed by atoms with Gasteiger partial charge in [-0.25, -0.2) is 13.3 Å². The maximum absolute atomic E-state index is 13.7. The first-order valence-electron chi connectivity index (χ1n) is 14.5. The van der Waals surface area contributed by atoms with E-state index >= 15 is 0 Å². The molecular formula is C33H29ClN4O7S. The van der Waals surface area contributed by atoms with E-state index in [2.05, 4.69) is 10.0 Å². The number of carbonyl (C=O) groups is 3. The van der Waals surface area contributed by atoms with Gasteiger partial charge in [0.2, 0.25) is 0 Å². The van der Waals surface area contributed by atoms with Gasteiger partial charge in [0, 0.05) is 24.3 Å². The zero-order chi connectivity index (χ0) is 32.4. The first-order valence-corrected chi connectivity index (χ1v) is 16.3. The van der Waals surface area contributed by atoms with Gasteiger partial charge in [-0.1, -0.05) is 23.7 Å². The van der Waals surface area contributed by atoms with Gasteiger partial charge in [-0.3, -0.25) is 19.1 Å². The van der Waals surface area contributed by atoms with E-state index in [0.29, 0.717) is 50.0 Å². The van der Waals surface area contributed by atoms with Gasteiger partial charge in [-0.05, 0) is 79.7 Å². The van der Waals surface area contributed by atoms with Crippen molar-refractivity contribution in [3.8, 4) is 5.75 Å². The fourth-order valence-electron chi connectivity index (χ4n) is 5.29. The van der Waals surface area contributed by atoms with E-state index in [1.54, 1.807) is 60.7 Å². The Hall–Kier alpha value is -4.91. The van der Waals surface area contributed by atoms with Crippen LogP contribution in [0.1, 0.15) is 38.0 Å². The third-order valence-corrected chi connectivity index (χ3v) is 9.26. The lowest BCUT2D eigenvalue weighted by molar-refractivity contribution is 0.0925. The summed E-state index contributed by atoms with van der Waals surface area (Å²) in [6.45, 7) is 4.17. The van der Waals surface area contributed by atoms with Crippen LogP contribution in [0.5, 0.6) is 5.75 Å². The van der Waals surface area contributed by atoms with Crippen molar-refractivity contribution < 1.29 is 32.3 Å². The summed E-state index contributed by atoms with van der Waals surface area (Å²) in [4.78, 5) is 42.7. The second-order valence-electron chi connectivity index (χ2n) is 10.5. The van der Waals surface area contributed by atoms with Gasteiger partial charge < -0.3 is 19.7 Å². The summed E-state index contributed by atoms with van der Waals surface area (Å²) in [6.07, 6.45) is 0.